The lowest BCUT2D eigenvalue weighted by molar-refractivity contribution is -0.126. The molecule has 1 fully saturated rings. The van der Waals surface area contributed by atoms with Crippen LogP contribution in [0.4, 0.5) is 5.69 Å². The summed E-state index contributed by atoms with van der Waals surface area (Å²) < 4.78 is 0. The second kappa shape index (κ2) is 8.05. The molecule has 0 aliphatic carbocycles. The van der Waals surface area contributed by atoms with E-state index in [-0.39, 0.29) is 11.7 Å². The molecule has 0 radical (unpaired) electrons. The number of benzene rings is 2. The predicted octanol–water partition coefficient (Wildman–Crippen LogP) is 3.97. The van der Waals surface area contributed by atoms with Gasteiger partial charge in [-0.15, -0.1) is 0 Å². The van der Waals surface area contributed by atoms with Crippen molar-refractivity contribution in [3.8, 4) is 22.9 Å². The van der Waals surface area contributed by atoms with Gasteiger partial charge in [0.25, 0.3) is 0 Å². The van der Waals surface area contributed by atoms with E-state index < -0.39 is 0 Å². The molecule has 1 amide bonds. The highest BCUT2D eigenvalue weighted by molar-refractivity contribution is 6.34. The summed E-state index contributed by atoms with van der Waals surface area (Å²) in [6.45, 7) is 5.81. The fourth-order valence-electron chi connectivity index (χ4n) is 3.81. The van der Waals surface area contributed by atoms with Crippen molar-refractivity contribution in [3.63, 3.8) is 0 Å². The first-order chi connectivity index (χ1) is 14.5. The number of hydrogen-bond donors (Lipinski definition) is 1. The van der Waals surface area contributed by atoms with Crippen molar-refractivity contribution in [1.82, 2.24) is 9.88 Å². The molecule has 2 heterocycles. The molecule has 0 atom stereocenters. The molecule has 0 bridgehead atoms. The second-order valence-electron chi connectivity index (χ2n) is 7.02. The molecular formula is C23H19ClN4O2. The number of hydrogen-bond acceptors (Lipinski definition) is 5. The van der Waals surface area contributed by atoms with Crippen LogP contribution in [0, 0.1) is 11.3 Å². The number of halogens is 1. The molecule has 4 rings (SSSR count). The number of fused-ring (bicyclic) bond motifs is 1. The van der Waals surface area contributed by atoms with Gasteiger partial charge in [-0.25, -0.2) is 0 Å². The van der Waals surface area contributed by atoms with E-state index in [1.54, 1.807) is 35.4 Å². The van der Waals surface area contributed by atoms with E-state index in [4.69, 9.17) is 11.6 Å². The normalized spacial score (nSPS) is 13.9. The van der Waals surface area contributed by atoms with E-state index >= 15 is 0 Å². The summed E-state index contributed by atoms with van der Waals surface area (Å²) in [5, 5.41) is 21.1. The van der Waals surface area contributed by atoms with Gasteiger partial charge in [0, 0.05) is 53.9 Å². The number of aromatic hydroxyl groups is 1. The Bertz CT molecular complexity index is 1190. The summed E-state index contributed by atoms with van der Waals surface area (Å²) in [7, 11) is 0. The largest absolute Gasteiger partial charge is 0.507 e. The molecule has 7 heteroatoms. The fraction of sp³-hybridized carbons (Fsp3) is 0.174. The lowest BCUT2D eigenvalue weighted by atomic mass is 10.0. The average molecular weight is 419 g/mol. The molecule has 1 N–H and O–H groups in total. The summed E-state index contributed by atoms with van der Waals surface area (Å²) in [5.41, 5.74) is 3.19. The van der Waals surface area contributed by atoms with Gasteiger partial charge in [0.15, 0.2) is 0 Å². The van der Waals surface area contributed by atoms with Crippen LogP contribution in [-0.2, 0) is 4.79 Å². The number of nitriles is 1. The molecule has 6 nitrogen and oxygen atoms in total. The third-order valence-electron chi connectivity index (χ3n) is 5.33. The highest BCUT2D eigenvalue weighted by atomic mass is 35.5. The van der Waals surface area contributed by atoms with E-state index in [2.05, 4.69) is 22.5 Å². The van der Waals surface area contributed by atoms with E-state index in [1.807, 2.05) is 12.1 Å². The van der Waals surface area contributed by atoms with Crippen molar-refractivity contribution < 1.29 is 9.90 Å². The Labute approximate surface area is 179 Å². The molecular weight excluding hydrogens is 400 g/mol. The van der Waals surface area contributed by atoms with Crippen LogP contribution in [0.25, 0.3) is 22.0 Å². The van der Waals surface area contributed by atoms with Crippen molar-refractivity contribution in [1.29, 1.82) is 5.26 Å². The van der Waals surface area contributed by atoms with Crippen LogP contribution >= 0.6 is 11.6 Å². The Balaban J connectivity index is 1.79. The van der Waals surface area contributed by atoms with Crippen molar-refractivity contribution in [2.24, 2.45) is 0 Å². The zero-order valence-corrected chi connectivity index (χ0v) is 16.9. The minimum Gasteiger partial charge on any atom is -0.507 e. The molecule has 1 aromatic heterocycles. The zero-order valence-electron chi connectivity index (χ0n) is 16.2. The summed E-state index contributed by atoms with van der Waals surface area (Å²) in [6, 6.07) is 12.8. The van der Waals surface area contributed by atoms with Gasteiger partial charge >= 0.3 is 0 Å². The average Bonchev–Trinajstić information content (AvgIpc) is 2.78. The topological polar surface area (TPSA) is 80.5 Å². The number of aromatic nitrogens is 1. The van der Waals surface area contributed by atoms with Crippen molar-refractivity contribution in [2.45, 2.75) is 0 Å². The van der Waals surface area contributed by atoms with Crippen molar-refractivity contribution in [2.75, 3.05) is 31.1 Å². The SMILES string of the molecule is C=CC(=O)N1CCN(c2c(C#N)cnc3cc(-c4ccccc4O)c(Cl)cc23)CC1. The summed E-state index contributed by atoms with van der Waals surface area (Å²) >= 11 is 6.60. The van der Waals surface area contributed by atoms with E-state index in [0.717, 1.165) is 11.1 Å². The third-order valence-corrected chi connectivity index (χ3v) is 5.64. The van der Waals surface area contributed by atoms with Crippen LogP contribution in [0.15, 0.2) is 55.3 Å². The van der Waals surface area contributed by atoms with Crippen LogP contribution in [0.3, 0.4) is 0 Å². The Morgan fingerprint density at radius 1 is 1.20 bits per heavy atom. The van der Waals surface area contributed by atoms with E-state index in [1.165, 1.54) is 6.08 Å². The van der Waals surface area contributed by atoms with Crippen molar-refractivity contribution >= 4 is 34.1 Å². The lowest BCUT2D eigenvalue weighted by Crippen LogP contribution is -2.48. The van der Waals surface area contributed by atoms with Crippen LogP contribution < -0.4 is 4.90 Å². The van der Waals surface area contributed by atoms with Crippen LogP contribution in [0.5, 0.6) is 5.75 Å². The number of rotatable bonds is 3. The number of pyridine rings is 1. The van der Waals surface area contributed by atoms with Crippen molar-refractivity contribution in [3.05, 3.63) is 65.8 Å². The Hall–Kier alpha value is -3.56. The number of carbonyl (C=O) groups is 1. The molecule has 0 unspecified atom stereocenters. The van der Waals surface area contributed by atoms with Gasteiger partial charge in [-0.1, -0.05) is 36.4 Å². The molecule has 0 saturated carbocycles. The molecule has 2 aromatic carbocycles. The number of phenols is 1. The number of carbonyl (C=O) groups excluding carboxylic acids is 1. The smallest absolute Gasteiger partial charge is 0.246 e. The molecule has 1 aliphatic rings. The number of nitrogens with zero attached hydrogens (tertiary/aromatic N) is 4. The zero-order chi connectivity index (χ0) is 21.3. The Morgan fingerprint density at radius 3 is 2.60 bits per heavy atom. The quantitative estimate of drug-likeness (QED) is 0.651. The molecule has 1 aliphatic heterocycles. The number of anilines is 1. The van der Waals surface area contributed by atoms with E-state index in [9.17, 15) is 15.2 Å². The van der Waals surface area contributed by atoms with Gasteiger partial charge in [0.2, 0.25) is 5.91 Å². The van der Waals surface area contributed by atoms with Gasteiger partial charge in [-0.2, -0.15) is 5.26 Å². The molecule has 3 aromatic rings. The fourth-order valence-corrected chi connectivity index (χ4v) is 4.07. The van der Waals surface area contributed by atoms with Crippen LogP contribution in [0.2, 0.25) is 5.02 Å². The number of amides is 1. The van der Waals surface area contributed by atoms with E-state index in [0.29, 0.717) is 53.4 Å². The highest BCUT2D eigenvalue weighted by Gasteiger charge is 2.24. The summed E-state index contributed by atoms with van der Waals surface area (Å²) in [6.07, 6.45) is 2.87. The lowest BCUT2D eigenvalue weighted by Gasteiger charge is -2.36. The molecule has 1 saturated heterocycles. The number of phenolic OH excluding ortho intramolecular Hbond substituents is 1. The Morgan fingerprint density at radius 2 is 1.93 bits per heavy atom. The van der Waals surface area contributed by atoms with Gasteiger partial charge in [0.05, 0.1) is 16.8 Å². The summed E-state index contributed by atoms with van der Waals surface area (Å²) in [4.78, 5) is 20.2. The third kappa shape index (κ3) is 3.44. The minimum atomic E-state index is -0.0925. The first-order valence-corrected chi connectivity index (χ1v) is 9.88. The Kier molecular flexibility index (Phi) is 5.30. The predicted molar refractivity (Wildman–Crippen MR) is 118 cm³/mol. The monoisotopic (exact) mass is 418 g/mol. The molecule has 0 spiro atoms. The number of para-hydroxylation sites is 1. The minimum absolute atomic E-state index is 0.0925. The first-order valence-electron chi connectivity index (χ1n) is 9.50. The summed E-state index contributed by atoms with van der Waals surface area (Å²) in [5.74, 6) is 0.0423. The molecule has 150 valence electrons. The van der Waals surface area contributed by atoms with Gasteiger partial charge < -0.3 is 14.9 Å². The van der Waals surface area contributed by atoms with Crippen LogP contribution in [-0.4, -0.2) is 47.1 Å². The highest BCUT2D eigenvalue weighted by Crippen LogP contribution is 2.39. The van der Waals surface area contributed by atoms with Gasteiger partial charge in [-0.3, -0.25) is 9.78 Å². The maximum Gasteiger partial charge on any atom is 0.246 e. The maximum atomic E-state index is 11.9. The number of piperazine rings is 1. The second-order valence-corrected chi connectivity index (χ2v) is 7.42. The van der Waals surface area contributed by atoms with Gasteiger partial charge in [0.1, 0.15) is 11.8 Å². The van der Waals surface area contributed by atoms with Gasteiger partial charge in [-0.05, 0) is 24.3 Å². The van der Waals surface area contributed by atoms with Crippen LogP contribution in [0.1, 0.15) is 5.56 Å². The first kappa shape index (κ1) is 19.7. The maximum absolute atomic E-state index is 11.9. The molecule has 30 heavy (non-hydrogen) atoms. The standard InChI is InChI=1S/C23H19ClN4O2/c1-2-22(30)27-7-9-28(10-8-27)23-15(13-25)14-26-20-12-17(19(24)11-18(20)23)16-5-3-4-6-21(16)29/h2-6,11-12,14,29H,1,7-10H2.